The number of amides is 1. The van der Waals surface area contributed by atoms with Gasteiger partial charge in [-0.25, -0.2) is 0 Å². The van der Waals surface area contributed by atoms with E-state index in [4.69, 9.17) is 0 Å². The van der Waals surface area contributed by atoms with Crippen LogP contribution in [0.1, 0.15) is 21.6 Å². The number of pyridine rings is 1. The highest BCUT2D eigenvalue weighted by atomic mass is 16.1. The average molecular weight is 308 g/mol. The van der Waals surface area contributed by atoms with E-state index < -0.39 is 0 Å². The lowest BCUT2D eigenvalue weighted by molar-refractivity contribution is 0.0956. The third-order valence-corrected chi connectivity index (χ3v) is 3.99. The highest BCUT2D eigenvalue weighted by Crippen LogP contribution is 2.24. The molecule has 3 aromatic rings. The summed E-state index contributed by atoms with van der Waals surface area (Å²) in [4.78, 5) is 19.8. The summed E-state index contributed by atoms with van der Waals surface area (Å²) in [7, 11) is 0. The number of carbonyl (C=O) groups is 1. The van der Waals surface area contributed by atoms with Crippen molar-refractivity contribution in [2.75, 3.05) is 18.4 Å². The van der Waals surface area contributed by atoms with Crippen LogP contribution in [0.15, 0.2) is 42.7 Å². The van der Waals surface area contributed by atoms with E-state index >= 15 is 0 Å². The molecular formula is C18H20N4O. The largest absolute Gasteiger partial charge is 0.382 e. The molecule has 1 amide bonds. The fourth-order valence-corrected chi connectivity index (χ4v) is 2.62. The Hall–Kier alpha value is -2.82. The second-order valence-corrected chi connectivity index (χ2v) is 5.53. The first-order chi connectivity index (χ1) is 11.2. The lowest BCUT2D eigenvalue weighted by atomic mass is 10.1. The van der Waals surface area contributed by atoms with Gasteiger partial charge in [-0.05, 0) is 37.6 Å². The number of hydrogen-bond acceptors (Lipinski definition) is 3. The number of fused-ring (bicyclic) bond motifs is 1. The van der Waals surface area contributed by atoms with Crippen LogP contribution in [-0.2, 0) is 0 Å². The molecule has 3 N–H and O–H groups in total. The first-order valence-corrected chi connectivity index (χ1v) is 7.67. The van der Waals surface area contributed by atoms with Gasteiger partial charge in [0.15, 0.2) is 0 Å². The molecule has 1 aromatic carbocycles. The Morgan fingerprint density at radius 1 is 1.17 bits per heavy atom. The predicted octanol–water partition coefficient (Wildman–Crippen LogP) is 3.02. The first-order valence-electron chi connectivity index (χ1n) is 7.67. The molecule has 23 heavy (non-hydrogen) atoms. The Balaban J connectivity index is 1.64. The fourth-order valence-electron chi connectivity index (χ4n) is 2.62. The zero-order valence-electron chi connectivity index (χ0n) is 13.3. The van der Waals surface area contributed by atoms with E-state index in [9.17, 15) is 4.79 Å². The van der Waals surface area contributed by atoms with Gasteiger partial charge in [-0.15, -0.1) is 0 Å². The van der Waals surface area contributed by atoms with Crippen molar-refractivity contribution in [3.63, 3.8) is 0 Å². The highest BCUT2D eigenvalue weighted by molar-refractivity contribution is 6.06. The van der Waals surface area contributed by atoms with E-state index in [0.717, 1.165) is 22.3 Å². The number of aromatic nitrogens is 2. The predicted molar refractivity (Wildman–Crippen MR) is 92.8 cm³/mol. The van der Waals surface area contributed by atoms with Crippen molar-refractivity contribution in [3.8, 4) is 0 Å². The molecule has 0 aliphatic rings. The number of benzene rings is 1. The Kier molecular flexibility index (Phi) is 4.28. The van der Waals surface area contributed by atoms with Crippen molar-refractivity contribution < 1.29 is 4.79 Å². The maximum atomic E-state index is 12.4. The molecule has 118 valence electrons. The van der Waals surface area contributed by atoms with Gasteiger partial charge < -0.3 is 15.6 Å². The summed E-state index contributed by atoms with van der Waals surface area (Å²) in [6.45, 7) is 5.28. The van der Waals surface area contributed by atoms with E-state index in [-0.39, 0.29) is 5.91 Å². The zero-order chi connectivity index (χ0) is 16.2. The topological polar surface area (TPSA) is 69.8 Å². The average Bonchev–Trinajstić information content (AvgIpc) is 2.87. The number of H-pyrrole nitrogens is 1. The number of hydrogen-bond donors (Lipinski definition) is 3. The molecule has 0 spiro atoms. The van der Waals surface area contributed by atoms with Crippen LogP contribution in [0.4, 0.5) is 5.69 Å². The number of nitrogens with zero attached hydrogens (tertiary/aromatic N) is 1. The van der Waals surface area contributed by atoms with Crippen LogP contribution in [0.25, 0.3) is 10.9 Å². The van der Waals surface area contributed by atoms with E-state index in [1.807, 2.05) is 37.3 Å². The van der Waals surface area contributed by atoms with E-state index in [0.29, 0.717) is 18.7 Å². The van der Waals surface area contributed by atoms with Gasteiger partial charge in [-0.1, -0.05) is 12.1 Å². The zero-order valence-corrected chi connectivity index (χ0v) is 13.3. The quantitative estimate of drug-likeness (QED) is 0.635. The van der Waals surface area contributed by atoms with Crippen LogP contribution < -0.4 is 10.6 Å². The SMILES string of the molecule is Cc1[nH]c2c(C(=O)NCCNc3cccnc3)cccc2c1C. The molecule has 0 aliphatic heterocycles. The van der Waals surface area contributed by atoms with Gasteiger partial charge in [0, 0.05) is 36.6 Å². The summed E-state index contributed by atoms with van der Waals surface area (Å²) in [5, 5.41) is 7.27. The Morgan fingerprint density at radius 2 is 2.04 bits per heavy atom. The summed E-state index contributed by atoms with van der Waals surface area (Å²) in [5.74, 6) is -0.0650. The van der Waals surface area contributed by atoms with Gasteiger partial charge in [-0.3, -0.25) is 9.78 Å². The molecule has 0 saturated heterocycles. The Bertz CT molecular complexity index is 824. The number of aryl methyl sites for hydroxylation is 2. The van der Waals surface area contributed by atoms with Crippen LogP contribution in [0.5, 0.6) is 0 Å². The molecule has 2 aromatic heterocycles. The van der Waals surface area contributed by atoms with Crippen molar-refractivity contribution >= 4 is 22.5 Å². The second kappa shape index (κ2) is 6.52. The molecule has 2 heterocycles. The Morgan fingerprint density at radius 3 is 2.83 bits per heavy atom. The molecular weight excluding hydrogens is 288 g/mol. The van der Waals surface area contributed by atoms with Crippen molar-refractivity contribution in [1.29, 1.82) is 0 Å². The summed E-state index contributed by atoms with van der Waals surface area (Å²) < 4.78 is 0. The molecule has 0 aliphatic carbocycles. The number of carbonyl (C=O) groups excluding carboxylic acids is 1. The van der Waals surface area contributed by atoms with Gasteiger partial charge in [0.2, 0.25) is 0 Å². The molecule has 0 bridgehead atoms. The summed E-state index contributed by atoms with van der Waals surface area (Å²) in [6.07, 6.45) is 3.49. The lowest BCUT2D eigenvalue weighted by Gasteiger charge is -2.08. The maximum Gasteiger partial charge on any atom is 0.253 e. The molecule has 0 fully saturated rings. The summed E-state index contributed by atoms with van der Waals surface area (Å²) in [6, 6.07) is 9.62. The normalized spacial score (nSPS) is 10.7. The summed E-state index contributed by atoms with van der Waals surface area (Å²) >= 11 is 0. The smallest absolute Gasteiger partial charge is 0.253 e. The van der Waals surface area contributed by atoms with E-state index in [1.54, 1.807) is 12.4 Å². The van der Waals surface area contributed by atoms with Crippen molar-refractivity contribution in [2.45, 2.75) is 13.8 Å². The number of anilines is 1. The first kappa shape index (κ1) is 15.1. The number of para-hydroxylation sites is 1. The second-order valence-electron chi connectivity index (χ2n) is 5.53. The standard InChI is InChI=1S/C18H20N4O/c1-12-13(2)22-17-15(12)6-3-7-16(17)18(23)21-10-9-20-14-5-4-8-19-11-14/h3-8,11,20,22H,9-10H2,1-2H3,(H,21,23). The van der Waals surface area contributed by atoms with Crippen LogP contribution in [0.2, 0.25) is 0 Å². The molecule has 0 atom stereocenters. The van der Waals surface area contributed by atoms with Crippen molar-refractivity contribution in [2.24, 2.45) is 0 Å². The van der Waals surface area contributed by atoms with E-state index in [1.165, 1.54) is 5.56 Å². The number of rotatable bonds is 5. The molecule has 5 nitrogen and oxygen atoms in total. The minimum absolute atomic E-state index is 0.0650. The van der Waals surface area contributed by atoms with Crippen molar-refractivity contribution in [3.05, 3.63) is 59.5 Å². The molecule has 0 saturated carbocycles. The summed E-state index contributed by atoms with van der Waals surface area (Å²) in [5.41, 5.74) is 4.81. The maximum absolute atomic E-state index is 12.4. The van der Waals surface area contributed by atoms with E-state index in [2.05, 4.69) is 27.5 Å². The molecule has 0 radical (unpaired) electrons. The van der Waals surface area contributed by atoms with Gasteiger partial charge in [0.25, 0.3) is 5.91 Å². The van der Waals surface area contributed by atoms with Crippen molar-refractivity contribution in [1.82, 2.24) is 15.3 Å². The molecule has 5 heteroatoms. The van der Waals surface area contributed by atoms with Gasteiger partial charge in [-0.2, -0.15) is 0 Å². The van der Waals surface area contributed by atoms with Crippen LogP contribution in [-0.4, -0.2) is 29.0 Å². The van der Waals surface area contributed by atoms with Crippen LogP contribution >= 0.6 is 0 Å². The lowest BCUT2D eigenvalue weighted by Crippen LogP contribution is -2.28. The third-order valence-electron chi connectivity index (χ3n) is 3.99. The fraction of sp³-hybridized carbons (Fsp3) is 0.222. The third kappa shape index (κ3) is 3.18. The monoisotopic (exact) mass is 308 g/mol. The molecule has 3 rings (SSSR count). The number of nitrogens with one attached hydrogen (secondary N) is 3. The van der Waals surface area contributed by atoms with Crippen LogP contribution in [0.3, 0.4) is 0 Å². The van der Waals surface area contributed by atoms with Crippen LogP contribution in [0, 0.1) is 13.8 Å². The molecule has 0 unspecified atom stereocenters. The van der Waals surface area contributed by atoms with Gasteiger partial charge in [0.1, 0.15) is 0 Å². The number of aromatic amines is 1. The Labute approximate surface area is 135 Å². The van der Waals surface area contributed by atoms with Gasteiger partial charge in [0.05, 0.1) is 16.8 Å². The minimum Gasteiger partial charge on any atom is -0.382 e. The minimum atomic E-state index is -0.0650. The highest BCUT2D eigenvalue weighted by Gasteiger charge is 2.13. The van der Waals surface area contributed by atoms with Gasteiger partial charge >= 0.3 is 0 Å².